The Bertz CT molecular complexity index is 569. The number of nitrogen functional groups attached to an aromatic ring is 1. The lowest BCUT2D eigenvalue weighted by molar-refractivity contribution is 0.0290. The van der Waals surface area contributed by atoms with E-state index in [2.05, 4.69) is 0 Å². The van der Waals surface area contributed by atoms with Crippen molar-refractivity contribution in [1.29, 1.82) is 0 Å². The molecule has 2 rings (SSSR count). The molecule has 112 valence electrons. The van der Waals surface area contributed by atoms with Gasteiger partial charge in [-0.1, -0.05) is 0 Å². The van der Waals surface area contributed by atoms with Gasteiger partial charge in [0.1, 0.15) is 10.7 Å². The number of hydrogen-bond donors (Lipinski definition) is 1. The Morgan fingerprint density at radius 2 is 2.05 bits per heavy atom. The van der Waals surface area contributed by atoms with Crippen molar-refractivity contribution in [2.75, 3.05) is 25.4 Å². The molecule has 0 atom stereocenters. The maximum atomic E-state index is 13.0. The Morgan fingerprint density at radius 1 is 1.40 bits per heavy atom. The smallest absolute Gasteiger partial charge is 0.245 e. The van der Waals surface area contributed by atoms with Gasteiger partial charge in [0.15, 0.2) is 0 Å². The summed E-state index contributed by atoms with van der Waals surface area (Å²) in [5.41, 5.74) is 5.56. The lowest BCUT2D eigenvalue weighted by Crippen LogP contribution is -2.41. The molecule has 1 saturated heterocycles. The molecule has 7 heteroatoms. The van der Waals surface area contributed by atoms with E-state index >= 15 is 0 Å². The second-order valence-corrected chi connectivity index (χ2v) is 6.65. The van der Waals surface area contributed by atoms with E-state index in [4.69, 9.17) is 10.5 Å². The first-order valence-electron chi connectivity index (χ1n) is 6.62. The van der Waals surface area contributed by atoms with Crippen LogP contribution in [-0.2, 0) is 14.8 Å². The molecule has 0 unspecified atom stereocenters. The van der Waals surface area contributed by atoms with Crippen LogP contribution in [0, 0.1) is 5.82 Å². The molecule has 1 fully saturated rings. The number of anilines is 1. The van der Waals surface area contributed by atoms with E-state index in [9.17, 15) is 12.8 Å². The van der Waals surface area contributed by atoms with Gasteiger partial charge in [-0.15, -0.1) is 0 Å². The predicted molar refractivity (Wildman–Crippen MR) is 74.2 cm³/mol. The fraction of sp³-hybridized carbons (Fsp3) is 0.538. The predicted octanol–water partition coefficient (Wildman–Crippen LogP) is 1.60. The van der Waals surface area contributed by atoms with Crippen LogP contribution in [0.3, 0.4) is 0 Å². The van der Waals surface area contributed by atoms with Gasteiger partial charge in [-0.2, -0.15) is 4.31 Å². The van der Waals surface area contributed by atoms with Crippen molar-refractivity contribution in [3.05, 3.63) is 24.0 Å². The van der Waals surface area contributed by atoms with Crippen molar-refractivity contribution < 1.29 is 17.5 Å². The van der Waals surface area contributed by atoms with Crippen molar-refractivity contribution in [1.82, 2.24) is 4.31 Å². The number of piperidine rings is 1. The summed E-state index contributed by atoms with van der Waals surface area (Å²) in [5, 5.41) is 0. The van der Waals surface area contributed by atoms with Crippen molar-refractivity contribution in [2.24, 2.45) is 0 Å². The molecule has 0 aliphatic carbocycles. The number of nitrogens with two attached hydrogens (primary N) is 1. The molecule has 0 radical (unpaired) electrons. The summed E-state index contributed by atoms with van der Waals surface area (Å²) in [6.45, 7) is 3.33. The second-order valence-electron chi connectivity index (χ2n) is 4.74. The third-order valence-corrected chi connectivity index (χ3v) is 5.37. The molecule has 5 nitrogen and oxygen atoms in total. The highest BCUT2D eigenvalue weighted by molar-refractivity contribution is 7.89. The van der Waals surface area contributed by atoms with E-state index in [-0.39, 0.29) is 16.7 Å². The maximum absolute atomic E-state index is 13.0. The normalized spacial score (nSPS) is 18.3. The van der Waals surface area contributed by atoms with Gasteiger partial charge in [0.2, 0.25) is 10.0 Å². The summed E-state index contributed by atoms with van der Waals surface area (Å²) in [5.74, 6) is -0.545. The minimum atomic E-state index is -3.66. The fourth-order valence-corrected chi connectivity index (χ4v) is 3.93. The van der Waals surface area contributed by atoms with E-state index in [0.29, 0.717) is 32.5 Å². The van der Waals surface area contributed by atoms with Crippen LogP contribution in [-0.4, -0.2) is 38.5 Å². The van der Waals surface area contributed by atoms with Crippen molar-refractivity contribution in [2.45, 2.75) is 30.8 Å². The molecule has 0 aromatic heterocycles. The van der Waals surface area contributed by atoms with E-state index in [1.807, 2.05) is 6.92 Å². The third kappa shape index (κ3) is 3.11. The standard InChI is InChI=1S/C13H19FN2O3S/c1-2-19-11-5-7-16(8-6-11)20(17,18)13-4-3-10(14)9-12(13)15/h3-4,9,11H,2,5-8,15H2,1H3. The molecule has 1 aromatic carbocycles. The van der Waals surface area contributed by atoms with Gasteiger partial charge in [-0.05, 0) is 38.0 Å². The topological polar surface area (TPSA) is 72.6 Å². The second kappa shape index (κ2) is 6.07. The number of nitrogens with zero attached hydrogens (tertiary/aromatic N) is 1. The summed E-state index contributed by atoms with van der Waals surface area (Å²) in [7, 11) is -3.66. The number of ether oxygens (including phenoxy) is 1. The van der Waals surface area contributed by atoms with Crippen molar-refractivity contribution >= 4 is 15.7 Å². The van der Waals surface area contributed by atoms with E-state index < -0.39 is 15.8 Å². The number of rotatable bonds is 4. The first kappa shape index (κ1) is 15.2. The maximum Gasteiger partial charge on any atom is 0.245 e. The molecule has 1 aromatic rings. The Labute approximate surface area is 118 Å². The molecule has 0 bridgehead atoms. The molecule has 0 amide bonds. The average molecular weight is 302 g/mol. The van der Waals surface area contributed by atoms with Crippen LogP contribution in [0.4, 0.5) is 10.1 Å². The summed E-state index contributed by atoms with van der Waals surface area (Å²) in [4.78, 5) is -0.0336. The third-order valence-electron chi connectivity index (χ3n) is 3.39. The van der Waals surface area contributed by atoms with Crippen LogP contribution in [0.2, 0.25) is 0 Å². The largest absolute Gasteiger partial charge is 0.398 e. The molecule has 0 spiro atoms. The van der Waals surface area contributed by atoms with Crippen LogP contribution in [0.1, 0.15) is 19.8 Å². The molecule has 1 aliphatic rings. The Morgan fingerprint density at radius 3 is 2.60 bits per heavy atom. The van der Waals surface area contributed by atoms with Crippen LogP contribution >= 0.6 is 0 Å². The number of sulfonamides is 1. The summed E-state index contributed by atoms with van der Waals surface area (Å²) < 4.78 is 44.8. The molecular weight excluding hydrogens is 283 g/mol. The van der Waals surface area contributed by atoms with Gasteiger partial charge in [0.25, 0.3) is 0 Å². The first-order valence-corrected chi connectivity index (χ1v) is 8.06. The van der Waals surface area contributed by atoms with Crippen molar-refractivity contribution in [3.8, 4) is 0 Å². The summed E-state index contributed by atoms with van der Waals surface area (Å²) >= 11 is 0. The minimum Gasteiger partial charge on any atom is -0.398 e. The van der Waals surface area contributed by atoms with Gasteiger partial charge < -0.3 is 10.5 Å². The number of halogens is 1. The zero-order chi connectivity index (χ0) is 14.8. The van der Waals surface area contributed by atoms with Crippen LogP contribution < -0.4 is 5.73 Å². The van der Waals surface area contributed by atoms with Gasteiger partial charge in [-0.3, -0.25) is 0 Å². The average Bonchev–Trinajstić information content (AvgIpc) is 2.39. The molecular formula is C13H19FN2O3S. The Kier molecular flexibility index (Phi) is 4.62. The van der Waals surface area contributed by atoms with Gasteiger partial charge >= 0.3 is 0 Å². The van der Waals surface area contributed by atoms with E-state index in [1.54, 1.807) is 0 Å². The van der Waals surface area contributed by atoms with Gasteiger partial charge in [-0.25, -0.2) is 12.8 Å². The lowest BCUT2D eigenvalue weighted by Gasteiger charge is -2.31. The quantitative estimate of drug-likeness (QED) is 0.857. The molecule has 0 saturated carbocycles. The first-order chi connectivity index (χ1) is 9.45. The zero-order valence-electron chi connectivity index (χ0n) is 11.4. The molecule has 1 heterocycles. The van der Waals surface area contributed by atoms with Crippen LogP contribution in [0.5, 0.6) is 0 Å². The SMILES string of the molecule is CCOC1CCN(S(=O)(=O)c2ccc(F)cc2N)CC1. The highest BCUT2D eigenvalue weighted by Crippen LogP contribution is 2.26. The van der Waals surface area contributed by atoms with Crippen molar-refractivity contribution in [3.63, 3.8) is 0 Å². The van der Waals surface area contributed by atoms with Gasteiger partial charge in [0.05, 0.1) is 11.8 Å². The minimum absolute atomic E-state index is 0.0336. The molecule has 2 N–H and O–H groups in total. The molecule has 1 aliphatic heterocycles. The summed E-state index contributed by atoms with van der Waals surface area (Å²) in [6.07, 6.45) is 1.43. The highest BCUT2D eigenvalue weighted by Gasteiger charge is 2.30. The van der Waals surface area contributed by atoms with Gasteiger partial charge in [0, 0.05) is 19.7 Å². The lowest BCUT2D eigenvalue weighted by atomic mass is 10.1. The van der Waals surface area contributed by atoms with Crippen LogP contribution in [0.15, 0.2) is 23.1 Å². The highest BCUT2D eigenvalue weighted by atomic mass is 32.2. The zero-order valence-corrected chi connectivity index (χ0v) is 12.2. The Balaban J connectivity index is 2.15. The number of benzene rings is 1. The van der Waals surface area contributed by atoms with E-state index in [1.165, 1.54) is 10.4 Å². The monoisotopic (exact) mass is 302 g/mol. The van der Waals surface area contributed by atoms with E-state index in [0.717, 1.165) is 12.1 Å². The Hall–Kier alpha value is -1.18. The summed E-state index contributed by atoms with van der Waals surface area (Å²) in [6, 6.07) is 3.35. The van der Waals surface area contributed by atoms with Crippen LogP contribution in [0.25, 0.3) is 0 Å². The molecule has 20 heavy (non-hydrogen) atoms. The number of hydrogen-bond acceptors (Lipinski definition) is 4. The fourth-order valence-electron chi connectivity index (χ4n) is 2.37.